The molecule has 7 nitrogen and oxygen atoms in total. The van der Waals surface area contributed by atoms with Crippen molar-refractivity contribution < 1.29 is 22.4 Å². The maximum absolute atomic E-state index is 14.5. The minimum absolute atomic E-state index is 0.0610. The Bertz CT molecular complexity index is 1710. The second kappa shape index (κ2) is 14.5. The molecule has 0 saturated heterocycles. The van der Waals surface area contributed by atoms with E-state index in [0.29, 0.717) is 5.56 Å². The molecule has 0 aliphatic carbocycles. The second-order valence-electron chi connectivity index (χ2n) is 11.5. The van der Waals surface area contributed by atoms with Crippen LogP contribution in [-0.4, -0.2) is 43.3 Å². The van der Waals surface area contributed by atoms with E-state index in [9.17, 15) is 22.4 Å². The van der Waals surface area contributed by atoms with Crippen LogP contribution in [0.5, 0.6) is 0 Å². The predicted molar refractivity (Wildman–Crippen MR) is 176 cm³/mol. The Morgan fingerprint density at radius 2 is 1.38 bits per heavy atom. The van der Waals surface area contributed by atoms with Crippen LogP contribution < -0.4 is 9.62 Å². The molecule has 1 N–H and O–H groups in total. The Morgan fingerprint density at radius 3 is 1.93 bits per heavy atom. The average Bonchev–Trinajstić information content (AvgIpc) is 2.99. The molecule has 4 aromatic rings. The second-order valence-corrected chi connectivity index (χ2v) is 14.1. The number of hydrogen-bond donors (Lipinski definition) is 1. The van der Waals surface area contributed by atoms with Crippen molar-refractivity contribution in [3.63, 3.8) is 0 Å². The fraction of sp³-hybridized carbons (Fsp3) is 0.235. The molecule has 4 rings (SSSR count). The van der Waals surface area contributed by atoms with Crippen LogP contribution in [0.25, 0.3) is 0 Å². The highest BCUT2D eigenvalue weighted by Gasteiger charge is 2.36. The van der Waals surface area contributed by atoms with E-state index in [1.807, 2.05) is 51.1 Å². The third-order valence-electron chi connectivity index (χ3n) is 6.88. The van der Waals surface area contributed by atoms with Gasteiger partial charge in [-0.3, -0.25) is 13.9 Å². The summed E-state index contributed by atoms with van der Waals surface area (Å²) >= 11 is 13.1. The van der Waals surface area contributed by atoms with Crippen LogP contribution in [-0.2, 0) is 32.6 Å². The normalized spacial score (nSPS) is 12.3. The maximum atomic E-state index is 14.5. The van der Waals surface area contributed by atoms with Crippen LogP contribution in [0.3, 0.4) is 0 Å². The average molecular weight is 671 g/mol. The van der Waals surface area contributed by atoms with E-state index in [0.717, 1.165) is 22.0 Å². The third-order valence-corrected chi connectivity index (χ3v) is 9.38. The van der Waals surface area contributed by atoms with Crippen LogP contribution in [0.4, 0.5) is 10.1 Å². The quantitative estimate of drug-likeness (QED) is 0.189. The van der Waals surface area contributed by atoms with Crippen molar-refractivity contribution in [2.75, 3.05) is 10.8 Å². The van der Waals surface area contributed by atoms with E-state index in [4.69, 9.17) is 23.2 Å². The summed E-state index contributed by atoms with van der Waals surface area (Å²) in [5.41, 5.74) is 0.611. The van der Waals surface area contributed by atoms with Crippen molar-refractivity contribution in [3.8, 4) is 0 Å². The summed E-state index contributed by atoms with van der Waals surface area (Å²) in [6, 6.07) is 25.4. The van der Waals surface area contributed by atoms with E-state index in [-0.39, 0.29) is 33.6 Å². The van der Waals surface area contributed by atoms with Gasteiger partial charge in [-0.15, -0.1) is 0 Å². The number of anilines is 1. The summed E-state index contributed by atoms with van der Waals surface area (Å²) in [5, 5.41) is 3.52. The first-order valence-electron chi connectivity index (χ1n) is 14.2. The Hall–Kier alpha value is -3.92. The molecule has 2 amide bonds. The minimum atomic E-state index is -4.31. The summed E-state index contributed by atoms with van der Waals surface area (Å²) in [4.78, 5) is 29.7. The number of nitrogens with one attached hydrogen (secondary N) is 1. The molecule has 0 aromatic heterocycles. The van der Waals surface area contributed by atoms with Crippen molar-refractivity contribution >= 4 is 50.7 Å². The van der Waals surface area contributed by atoms with E-state index < -0.39 is 45.8 Å². The number of hydrogen-bond acceptors (Lipinski definition) is 4. The predicted octanol–water partition coefficient (Wildman–Crippen LogP) is 6.88. The van der Waals surface area contributed by atoms with Crippen molar-refractivity contribution in [1.29, 1.82) is 0 Å². The monoisotopic (exact) mass is 669 g/mol. The van der Waals surface area contributed by atoms with Gasteiger partial charge in [0, 0.05) is 34.1 Å². The zero-order valence-corrected chi connectivity index (χ0v) is 27.4. The Labute approximate surface area is 273 Å². The van der Waals surface area contributed by atoms with Crippen molar-refractivity contribution in [3.05, 3.63) is 130 Å². The molecule has 236 valence electrons. The van der Waals surface area contributed by atoms with Crippen LogP contribution in [0.1, 0.15) is 31.9 Å². The van der Waals surface area contributed by atoms with Gasteiger partial charge in [-0.2, -0.15) is 0 Å². The van der Waals surface area contributed by atoms with Gasteiger partial charge in [-0.05, 0) is 74.9 Å². The summed E-state index contributed by atoms with van der Waals surface area (Å²) in [6.45, 7) is 4.59. The van der Waals surface area contributed by atoms with E-state index in [2.05, 4.69) is 5.32 Å². The van der Waals surface area contributed by atoms with Crippen LogP contribution >= 0.6 is 23.2 Å². The first kappa shape index (κ1) is 34.0. The summed E-state index contributed by atoms with van der Waals surface area (Å²) in [7, 11) is -4.31. The SMILES string of the molecule is CC(C)(C)NC(=O)[C@@H](Cc1ccccc1)N(Cc1c(Cl)cccc1Cl)C(=O)CN(c1ccc(F)cc1)S(=O)(=O)c1ccccc1. The van der Waals surface area contributed by atoms with Crippen molar-refractivity contribution in [1.82, 2.24) is 10.2 Å². The zero-order valence-electron chi connectivity index (χ0n) is 25.1. The molecule has 0 saturated carbocycles. The molecule has 45 heavy (non-hydrogen) atoms. The first-order chi connectivity index (χ1) is 21.3. The van der Waals surface area contributed by atoms with Gasteiger partial charge < -0.3 is 10.2 Å². The number of nitrogens with zero attached hydrogens (tertiary/aromatic N) is 2. The lowest BCUT2D eigenvalue weighted by Crippen LogP contribution is -2.56. The van der Waals surface area contributed by atoms with Gasteiger partial charge in [-0.1, -0.05) is 77.8 Å². The third kappa shape index (κ3) is 8.84. The van der Waals surface area contributed by atoms with Crippen molar-refractivity contribution in [2.24, 2.45) is 0 Å². The highest BCUT2D eigenvalue weighted by molar-refractivity contribution is 7.92. The standard InChI is InChI=1S/C34H34Cl2FN3O4S/c1-34(2,3)38-33(42)31(21-24-11-6-4-7-12-24)39(22-28-29(35)15-10-16-30(28)36)32(41)23-40(26-19-17-25(37)18-20-26)45(43,44)27-13-8-5-9-14-27/h4-20,31H,21-23H2,1-3H3,(H,38,42)/t31-/m1/s1. The number of amides is 2. The molecule has 4 aromatic carbocycles. The highest BCUT2D eigenvalue weighted by atomic mass is 35.5. The number of benzene rings is 4. The molecule has 11 heteroatoms. The van der Waals surface area contributed by atoms with Crippen LogP contribution in [0.2, 0.25) is 10.0 Å². The molecule has 0 fully saturated rings. The lowest BCUT2D eigenvalue weighted by Gasteiger charge is -2.35. The van der Waals surface area contributed by atoms with Gasteiger partial charge in [0.2, 0.25) is 11.8 Å². The first-order valence-corrected chi connectivity index (χ1v) is 16.4. The van der Waals surface area contributed by atoms with Gasteiger partial charge in [0.25, 0.3) is 10.0 Å². The van der Waals surface area contributed by atoms with Gasteiger partial charge in [0.05, 0.1) is 10.6 Å². The van der Waals surface area contributed by atoms with Gasteiger partial charge >= 0.3 is 0 Å². The summed E-state index contributed by atoms with van der Waals surface area (Å²) in [6.07, 6.45) is 0.124. The highest BCUT2D eigenvalue weighted by Crippen LogP contribution is 2.29. The molecule has 0 aliphatic heterocycles. The summed E-state index contributed by atoms with van der Waals surface area (Å²) < 4.78 is 42.7. The fourth-order valence-corrected chi connectivity index (χ4v) is 6.67. The minimum Gasteiger partial charge on any atom is -0.350 e. The molecule has 0 spiro atoms. The Balaban J connectivity index is 1.84. The summed E-state index contributed by atoms with van der Waals surface area (Å²) in [5.74, 6) is -1.71. The topological polar surface area (TPSA) is 86.8 Å². The number of sulfonamides is 1. The molecular formula is C34H34Cl2FN3O4S. The number of carbonyl (C=O) groups is 2. The number of halogens is 3. The van der Waals surface area contributed by atoms with E-state index >= 15 is 0 Å². The van der Waals surface area contributed by atoms with Crippen LogP contribution in [0, 0.1) is 5.82 Å². The lowest BCUT2D eigenvalue weighted by atomic mass is 10.0. The molecule has 0 unspecified atom stereocenters. The largest absolute Gasteiger partial charge is 0.350 e. The van der Waals surface area contributed by atoms with Gasteiger partial charge in [0.15, 0.2) is 0 Å². The maximum Gasteiger partial charge on any atom is 0.264 e. The van der Waals surface area contributed by atoms with Crippen molar-refractivity contribution in [2.45, 2.75) is 50.2 Å². The zero-order chi connectivity index (χ0) is 32.8. The molecule has 0 radical (unpaired) electrons. The van der Waals surface area contributed by atoms with E-state index in [1.165, 1.54) is 29.2 Å². The Kier molecular flexibility index (Phi) is 10.9. The molecule has 1 atom stereocenters. The smallest absolute Gasteiger partial charge is 0.264 e. The molecule has 0 heterocycles. The van der Waals surface area contributed by atoms with Crippen LogP contribution in [0.15, 0.2) is 108 Å². The lowest BCUT2D eigenvalue weighted by molar-refractivity contribution is -0.140. The molecule has 0 bridgehead atoms. The molecular weight excluding hydrogens is 636 g/mol. The fourth-order valence-electron chi connectivity index (χ4n) is 4.72. The van der Waals surface area contributed by atoms with E-state index in [1.54, 1.807) is 36.4 Å². The Morgan fingerprint density at radius 1 is 0.822 bits per heavy atom. The number of carbonyl (C=O) groups excluding carboxylic acids is 2. The van der Waals surface area contributed by atoms with Gasteiger partial charge in [-0.25, -0.2) is 12.8 Å². The van der Waals surface area contributed by atoms with Gasteiger partial charge in [0.1, 0.15) is 18.4 Å². The number of rotatable bonds is 11. The molecule has 0 aliphatic rings.